The van der Waals surface area contributed by atoms with E-state index >= 15 is 0 Å². The first-order chi connectivity index (χ1) is 7.97. The van der Waals surface area contributed by atoms with Gasteiger partial charge in [-0.15, -0.1) is 0 Å². The van der Waals surface area contributed by atoms with Crippen molar-refractivity contribution in [2.75, 3.05) is 6.54 Å². The van der Waals surface area contributed by atoms with Gasteiger partial charge in [0.1, 0.15) is 11.9 Å². The molecule has 0 bridgehead atoms. The molecule has 0 aliphatic carbocycles. The predicted octanol–water partition coefficient (Wildman–Crippen LogP) is 3.39. The molecule has 1 aromatic carbocycles. The molecule has 0 fully saturated rings. The smallest absolute Gasteiger partial charge is 0.119 e. The molecular weight excluding hydrogens is 210 g/mol. The summed E-state index contributed by atoms with van der Waals surface area (Å²) in [4.78, 5) is 0. The van der Waals surface area contributed by atoms with E-state index in [1.54, 1.807) is 0 Å². The van der Waals surface area contributed by atoms with Crippen LogP contribution in [0.15, 0.2) is 24.3 Å². The summed E-state index contributed by atoms with van der Waals surface area (Å²) in [5.74, 6) is 0.912. The summed E-state index contributed by atoms with van der Waals surface area (Å²) in [6.07, 6.45) is 2.35. The van der Waals surface area contributed by atoms with Crippen LogP contribution in [0, 0.1) is 5.41 Å². The molecule has 0 saturated heterocycles. The van der Waals surface area contributed by atoms with Gasteiger partial charge in [-0.05, 0) is 24.1 Å². The molecule has 2 N–H and O–H groups in total. The maximum Gasteiger partial charge on any atom is 0.119 e. The molecular formula is C15H25NO. The molecule has 0 amide bonds. The molecule has 1 aromatic rings. The predicted molar refractivity (Wildman–Crippen MR) is 73.4 cm³/mol. The first-order valence-corrected chi connectivity index (χ1v) is 6.43. The Labute approximate surface area is 105 Å². The second-order valence-electron chi connectivity index (χ2n) is 5.60. The zero-order chi connectivity index (χ0) is 12.9. The van der Waals surface area contributed by atoms with Crippen molar-refractivity contribution in [3.8, 4) is 5.75 Å². The summed E-state index contributed by atoms with van der Waals surface area (Å²) in [5, 5.41) is 0. The Kier molecular flexibility index (Phi) is 5.01. The van der Waals surface area contributed by atoms with E-state index in [2.05, 4.69) is 39.8 Å². The van der Waals surface area contributed by atoms with Gasteiger partial charge in [-0.3, -0.25) is 0 Å². The van der Waals surface area contributed by atoms with Gasteiger partial charge in [0.15, 0.2) is 0 Å². The van der Waals surface area contributed by atoms with Gasteiger partial charge in [0.2, 0.25) is 0 Å². The zero-order valence-corrected chi connectivity index (χ0v) is 11.5. The summed E-state index contributed by atoms with van der Waals surface area (Å²) in [7, 11) is 0. The molecule has 0 aromatic heterocycles. The first kappa shape index (κ1) is 14.0. The number of rotatable bonds is 5. The summed E-state index contributed by atoms with van der Waals surface area (Å²) in [5.41, 5.74) is 7.19. The minimum absolute atomic E-state index is 0.0551. The van der Waals surface area contributed by atoms with Crippen molar-refractivity contribution in [3.05, 3.63) is 29.8 Å². The maximum atomic E-state index is 5.94. The van der Waals surface area contributed by atoms with E-state index in [0.717, 1.165) is 12.2 Å². The molecule has 1 unspecified atom stereocenters. The normalized spacial score (nSPS) is 13.5. The summed E-state index contributed by atoms with van der Waals surface area (Å²) in [6, 6.07) is 8.35. The fourth-order valence-electron chi connectivity index (χ4n) is 1.77. The minimum Gasteiger partial charge on any atom is -0.489 e. The summed E-state index contributed by atoms with van der Waals surface area (Å²) < 4.78 is 5.94. The van der Waals surface area contributed by atoms with Gasteiger partial charge >= 0.3 is 0 Å². The average Bonchev–Trinajstić information content (AvgIpc) is 2.27. The molecule has 0 saturated carbocycles. The highest BCUT2D eigenvalue weighted by molar-refractivity contribution is 5.27. The standard InChI is InChI=1S/C15H25NO/c1-5-6-12-7-9-13(10-8-12)17-14(11-16)15(2,3)4/h7-10,14H,5-6,11,16H2,1-4H3. The van der Waals surface area contributed by atoms with E-state index in [-0.39, 0.29) is 11.5 Å². The Hall–Kier alpha value is -1.02. The van der Waals surface area contributed by atoms with Crippen LogP contribution in [0.25, 0.3) is 0 Å². The van der Waals surface area contributed by atoms with Gasteiger partial charge in [-0.2, -0.15) is 0 Å². The molecule has 17 heavy (non-hydrogen) atoms. The molecule has 1 rings (SSSR count). The van der Waals surface area contributed by atoms with Crippen LogP contribution in [0.5, 0.6) is 5.75 Å². The van der Waals surface area contributed by atoms with Gasteiger partial charge < -0.3 is 10.5 Å². The first-order valence-electron chi connectivity index (χ1n) is 6.43. The molecule has 0 spiro atoms. The van der Waals surface area contributed by atoms with Crippen molar-refractivity contribution in [2.45, 2.75) is 46.6 Å². The maximum absolute atomic E-state index is 5.94. The molecule has 1 atom stereocenters. The SMILES string of the molecule is CCCc1ccc(OC(CN)C(C)(C)C)cc1. The van der Waals surface area contributed by atoms with Gasteiger partial charge in [-0.1, -0.05) is 46.2 Å². The highest BCUT2D eigenvalue weighted by Crippen LogP contribution is 2.24. The zero-order valence-electron chi connectivity index (χ0n) is 11.5. The van der Waals surface area contributed by atoms with Crippen LogP contribution in [0.1, 0.15) is 39.7 Å². The van der Waals surface area contributed by atoms with Crippen molar-refractivity contribution < 1.29 is 4.74 Å². The Balaban J connectivity index is 2.67. The number of hydrogen-bond donors (Lipinski definition) is 1. The van der Waals surface area contributed by atoms with Crippen LogP contribution < -0.4 is 10.5 Å². The molecule has 0 aliphatic rings. The van der Waals surface area contributed by atoms with Crippen LogP contribution in [-0.4, -0.2) is 12.6 Å². The van der Waals surface area contributed by atoms with Crippen LogP contribution in [0.4, 0.5) is 0 Å². The van der Waals surface area contributed by atoms with Crippen molar-refractivity contribution in [3.63, 3.8) is 0 Å². The lowest BCUT2D eigenvalue weighted by Gasteiger charge is -2.30. The van der Waals surface area contributed by atoms with Crippen LogP contribution >= 0.6 is 0 Å². The quantitative estimate of drug-likeness (QED) is 0.849. The van der Waals surface area contributed by atoms with Crippen LogP contribution in [0.2, 0.25) is 0 Å². The number of benzene rings is 1. The Morgan fingerprint density at radius 2 is 1.76 bits per heavy atom. The van der Waals surface area contributed by atoms with Gasteiger partial charge in [-0.25, -0.2) is 0 Å². The van der Waals surface area contributed by atoms with Crippen LogP contribution in [0.3, 0.4) is 0 Å². The Bertz CT molecular complexity index is 324. The highest BCUT2D eigenvalue weighted by atomic mass is 16.5. The molecule has 2 heteroatoms. The summed E-state index contributed by atoms with van der Waals surface area (Å²) in [6.45, 7) is 9.18. The number of ether oxygens (including phenoxy) is 1. The van der Waals surface area contributed by atoms with Crippen molar-refractivity contribution >= 4 is 0 Å². The monoisotopic (exact) mass is 235 g/mol. The molecule has 0 radical (unpaired) electrons. The summed E-state index contributed by atoms with van der Waals surface area (Å²) >= 11 is 0. The van der Waals surface area contributed by atoms with E-state index in [9.17, 15) is 0 Å². The molecule has 96 valence electrons. The molecule has 0 heterocycles. The second-order valence-corrected chi connectivity index (χ2v) is 5.60. The number of hydrogen-bond acceptors (Lipinski definition) is 2. The lowest BCUT2D eigenvalue weighted by atomic mass is 9.89. The van der Waals surface area contributed by atoms with E-state index in [0.29, 0.717) is 6.54 Å². The van der Waals surface area contributed by atoms with Gasteiger partial charge in [0.25, 0.3) is 0 Å². The molecule has 0 aliphatic heterocycles. The van der Waals surface area contributed by atoms with E-state index in [4.69, 9.17) is 10.5 Å². The van der Waals surface area contributed by atoms with Gasteiger partial charge in [0, 0.05) is 12.0 Å². The fourth-order valence-corrected chi connectivity index (χ4v) is 1.77. The fraction of sp³-hybridized carbons (Fsp3) is 0.600. The Morgan fingerprint density at radius 1 is 1.18 bits per heavy atom. The van der Waals surface area contributed by atoms with Crippen molar-refractivity contribution in [1.82, 2.24) is 0 Å². The van der Waals surface area contributed by atoms with E-state index in [1.807, 2.05) is 12.1 Å². The van der Waals surface area contributed by atoms with Gasteiger partial charge in [0.05, 0.1) is 0 Å². The highest BCUT2D eigenvalue weighted by Gasteiger charge is 2.24. The lowest BCUT2D eigenvalue weighted by molar-refractivity contribution is 0.0941. The van der Waals surface area contributed by atoms with E-state index < -0.39 is 0 Å². The minimum atomic E-state index is 0.0551. The number of aryl methyl sites for hydroxylation is 1. The lowest BCUT2D eigenvalue weighted by Crippen LogP contribution is -2.38. The topological polar surface area (TPSA) is 35.2 Å². The Morgan fingerprint density at radius 3 is 2.18 bits per heavy atom. The largest absolute Gasteiger partial charge is 0.489 e. The number of nitrogens with two attached hydrogens (primary N) is 1. The average molecular weight is 235 g/mol. The van der Waals surface area contributed by atoms with Crippen LogP contribution in [-0.2, 0) is 6.42 Å². The third-order valence-electron chi connectivity index (χ3n) is 2.92. The third-order valence-corrected chi connectivity index (χ3v) is 2.92. The van der Waals surface area contributed by atoms with Crippen molar-refractivity contribution in [2.24, 2.45) is 11.1 Å². The second kappa shape index (κ2) is 6.06. The van der Waals surface area contributed by atoms with E-state index in [1.165, 1.54) is 12.0 Å². The van der Waals surface area contributed by atoms with Crippen molar-refractivity contribution in [1.29, 1.82) is 0 Å². The third kappa shape index (κ3) is 4.39. The molecule has 2 nitrogen and oxygen atoms in total.